The molecule has 58 valence electrons. The predicted octanol–water partition coefficient (Wildman–Crippen LogP) is 2.36. The van der Waals surface area contributed by atoms with Crippen molar-refractivity contribution in [3.63, 3.8) is 0 Å². The molecule has 3 heteroatoms. The van der Waals surface area contributed by atoms with E-state index in [1.807, 2.05) is 25.3 Å². The average Bonchev–Trinajstić information content (AvgIpc) is 2.03. The van der Waals surface area contributed by atoms with Gasteiger partial charge in [-0.3, -0.25) is 0 Å². The summed E-state index contributed by atoms with van der Waals surface area (Å²) in [6.07, 6.45) is 8.72. The average molecular weight is 166 g/mol. The van der Waals surface area contributed by atoms with Crippen molar-refractivity contribution in [3.8, 4) is 6.07 Å². The zero-order chi connectivity index (χ0) is 8.53. The number of allylic oxidation sites excluding steroid dienone is 4. The van der Waals surface area contributed by atoms with Gasteiger partial charge in [0.1, 0.15) is 0 Å². The van der Waals surface area contributed by atoms with Gasteiger partial charge in [0.15, 0.2) is 0 Å². The van der Waals surface area contributed by atoms with Crippen molar-refractivity contribution in [1.29, 1.82) is 5.26 Å². The Balaban J connectivity index is 4.15. The quantitative estimate of drug-likeness (QED) is 0.279. The van der Waals surface area contributed by atoms with Gasteiger partial charge in [-0.2, -0.15) is 5.26 Å². The van der Waals surface area contributed by atoms with Crippen molar-refractivity contribution in [2.75, 3.05) is 6.26 Å². The van der Waals surface area contributed by atoms with Gasteiger partial charge in [0.05, 0.1) is 11.6 Å². The lowest BCUT2D eigenvalue weighted by atomic mass is 10.2. The third-order valence-electron chi connectivity index (χ3n) is 0.896. The molecule has 0 spiro atoms. The van der Waals surface area contributed by atoms with Crippen molar-refractivity contribution >= 4 is 18.2 Å². The Labute approximate surface area is 71.5 Å². The largest absolute Gasteiger partial charge is 0.225 e. The minimum Gasteiger partial charge on any atom is -0.225 e. The van der Waals surface area contributed by atoms with Gasteiger partial charge in [-0.1, -0.05) is 6.08 Å². The molecule has 0 rings (SSSR count). The Morgan fingerprint density at radius 3 is 2.82 bits per heavy atom. The van der Waals surface area contributed by atoms with Crippen LogP contribution in [0.1, 0.15) is 6.92 Å². The van der Waals surface area contributed by atoms with Crippen LogP contribution in [-0.2, 0) is 0 Å². The summed E-state index contributed by atoms with van der Waals surface area (Å²) in [5.41, 5.74) is 0.616. The maximum Gasteiger partial charge on any atom is 0.0992 e. The molecule has 0 fully saturated rings. The van der Waals surface area contributed by atoms with Gasteiger partial charge in [-0.05, 0) is 31.0 Å². The fourth-order valence-electron chi connectivity index (χ4n) is 0.481. The van der Waals surface area contributed by atoms with Crippen molar-refractivity contribution < 1.29 is 0 Å². The molecule has 0 bridgehead atoms. The first-order chi connectivity index (χ1) is 5.35. The smallest absolute Gasteiger partial charge is 0.0992 e. The minimum absolute atomic E-state index is 0.616. The normalized spacial score (nSPS) is 12.6. The summed E-state index contributed by atoms with van der Waals surface area (Å²) in [5, 5.41) is 8.52. The van der Waals surface area contributed by atoms with Gasteiger partial charge in [0.25, 0.3) is 0 Å². The third kappa shape index (κ3) is 5.43. The first-order valence-corrected chi connectivity index (χ1v) is 4.33. The van der Waals surface area contributed by atoms with Crippen LogP contribution < -0.4 is 0 Å². The molecule has 0 atom stereocenters. The van der Waals surface area contributed by atoms with Crippen LogP contribution in [0.4, 0.5) is 0 Å². The van der Waals surface area contributed by atoms with E-state index in [0.717, 1.165) is 0 Å². The van der Waals surface area contributed by atoms with Crippen LogP contribution in [0.3, 0.4) is 0 Å². The standard InChI is InChI=1S/C8H10N2S/c1-3-4-8(7-9)5-6-10-11-2/h3-6H,1-2H3/b4-3+,8-5+,10-6-. The van der Waals surface area contributed by atoms with E-state index >= 15 is 0 Å². The number of nitrogens with zero attached hydrogens (tertiary/aromatic N) is 2. The molecule has 0 aromatic carbocycles. The molecule has 0 aliphatic carbocycles. The van der Waals surface area contributed by atoms with Crippen LogP contribution in [0.25, 0.3) is 0 Å². The molecular formula is C8H10N2S. The molecule has 2 nitrogen and oxygen atoms in total. The van der Waals surface area contributed by atoms with E-state index < -0.39 is 0 Å². The van der Waals surface area contributed by atoms with Gasteiger partial charge >= 0.3 is 0 Å². The first kappa shape index (κ1) is 9.99. The molecule has 0 saturated heterocycles. The molecule has 0 aliphatic heterocycles. The molecule has 0 aliphatic rings. The summed E-state index contributed by atoms with van der Waals surface area (Å²) in [6, 6.07) is 2.04. The Morgan fingerprint density at radius 2 is 2.36 bits per heavy atom. The van der Waals surface area contributed by atoms with E-state index in [1.54, 1.807) is 18.4 Å². The predicted molar refractivity (Wildman–Crippen MR) is 50.5 cm³/mol. The maximum absolute atomic E-state index is 8.52. The van der Waals surface area contributed by atoms with E-state index in [9.17, 15) is 0 Å². The summed E-state index contributed by atoms with van der Waals surface area (Å²) >= 11 is 1.36. The summed E-state index contributed by atoms with van der Waals surface area (Å²) < 4.78 is 3.87. The topological polar surface area (TPSA) is 36.1 Å². The lowest BCUT2D eigenvalue weighted by Gasteiger charge is -1.81. The Morgan fingerprint density at radius 1 is 1.64 bits per heavy atom. The molecule has 0 aromatic heterocycles. The van der Waals surface area contributed by atoms with E-state index in [4.69, 9.17) is 5.26 Å². The van der Waals surface area contributed by atoms with E-state index in [0.29, 0.717) is 5.57 Å². The molecule has 0 N–H and O–H groups in total. The van der Waals surface area contributed by atoms with Crippen molar-refractivity contribution in [3.05, 3.63) is 23.8 Å². The zero-order valence-corrected chi connectivity index (χ0v) is 7.43. The highest BCUT2D eigenvalue weighted by atomic mass is 32.2. The molecule has 0 radical (unpaired) electrons. The van der Waals surface area contributed by atoms with Crippen molar-refractivity contribution in [2.24, 2.45) is 4.40 Å². The molecular weight excluding hydrogens is 156 g/mol. The second-order valence-electron chi connectivity index (χ2n) is 1.67. The minimum atomic E-state index is 0.616. The van der Waals surface area contributed by atoms with Crippen molar-refractivity contribution in [2.45, 2.75) is 6.92 Å². The highest BCUT2D eigenvalue weighted by Crippen LogP contribution is 1.95. The lowest BCUT2D eigenvalue weighted by molar-refractivity contribution is 1.50. The van der Waals surface area contributed by atoms with Gasteiger partial charge in [-0.25, -0.2) is 4.40 Å². The SMILES string of the molecule is C/C=C/C(C#N)=C\C=N/SC. The van der Waals surface area contributed by atoms with E-state index in [-0.39, 0.29) is 0 Å². The maximum atomic E-state index is 8.52. The van der Waals surface area contributed by atoms with E-state index in [2.05, 4.69) is 4.40 Å². The molecule has 0 aromatic rings. The lowest BCUT2D eigenvalue weighted by Crippen LogP contribution is -1.71. The Hall–Kier alpha value is -1.01. The van der Waals surface area contributed by atoms with Crippen LogP contribution in [0.2, 0.25) is 0 Å². The van der Waals surface area contributed by atoms with Gasteiger partial charge < -0.3 is 0 Å². The third-order valence-corrected chi connectivity index (χ3v) is 1.23. The first-order valence-electron chi connectivity index (χ1n) is 3.14. The highest BCUT2D eigenvalue weighted by molar-refractivity contribution is 7.97. The molecule has 0 unspecified atom stereocenters. The second-order valence-corrected chi connectivity index (χ2v) is 2.25. The highest BCUT2D eigenvalue weighted by Gasteiger charge is 1.82. The number of rotatable bonds is 3. The monoisotopic (exact) mass is 166 g/mol. The van der Waals surface area contributed by atoms with E-state index in [1.165, 1.54) is 11.9 Å². The summed E-state index contributed by atoms with van der Waals surface area (Å²) in [4.78, 5) is 0. The Bertz CT molecular complexity index is 221. The summed E-state index contributed by atoms with van der Waals surface area (Å²) in [7, 11) is 0. The van der Waals surface area contributed by atoms with Gasteiger partial charge in [-0.15, -0.1) is 0 Å². The second kappa shape index (κ2) is 7.10. The fraction of sp³-hybridized carbons (Fsp3) is 0.250. The zero-order valence-electron chi connectivity index (χ0n) is 6.61. The van der Waals surface area contributed by atoms with Crippen LogP contribution in [0.5, 0.6) is 0 Å². The molecule has 0 saturated carbocycles. The van der Waals surface area contributed by atoms with Crippen LogP contribution >= 0.6 is 11.9 Å². The van der Waals surface area contributed by atoms with Gasteiger partial charge in [0, 0.05) is 12.5 Å². The van der Waals surface area contributed by atoms with Crippen molar-refractivity contribution in [1.82, 2.24) is 0 Å². The summed E-state index contributed by atoms with van der Waals surface area (Å²) in [5.74, 6) is 0. The number of nitriles is 1. The van der Waals surface area contributed by atoms with Crippen LogP contribution in [-0.4, -0.2) is 12.5 Å². The van der Waals surface area contributed by atoms with Crippen LogP contribution in [0, 0.1) is 11.3 Å². The Kier molecular flexibility index (Phi) is 6.45. The molecule has 0 amide bonds. The molecule has 0 heterocycles. The number of hydrogen-bond acceptors (Lipinski definition) is 3. The summed E-state index contributed by atoms with van der Waals surface area (Å²) in [6.45, 7) is 1.87. The van der Waals surface area contributed by atoms with Gasteiger partial charge in [0.2, 0.25) is 0 Å². The fourth-order valence-corrected chi connectivity index (χ4v) is 0.664. The number of hydrogen-bond donors (Lipinski definition) is 0. The molecule has 11 heavy (non-hydrogen) atoms. The van der Waals surface area contributed by atoms with Crippen LogP contribution in [0.15, 0.2) is 28.2 Å².